The molecular weight excluding hydrogens is 230 g/mol. The van der Waals surface area contributed by atoms with Gasteiger partial charge < -0.3 is 20.1 Å². The first-order valence-electron chi connectivity index (χ1n) is 6.12. The third kappa shape index (κ3) is 3.94. The fraction of sp³-hybridized carbons (Fsp3) is 0.615. The van der Waals surface area contributed by atoms with Gasteiger partial charge in [-0.05, 0) is 18.6 Å². The Morgan fingerprint density at radius 1 is 1.22 bits per heavy atom. The fourth-order valence-electron chi connectivity index (χ4n) is 1.83. The number of rotatable bonds is 8. The number of ether oxygens (including phenoxy) is 2. The van der Waals surface area contributed by atoms with Gasteiger partial charge in [0.2, 0.25) is 0 Å². The molecule has 5 heteroatoms. The lowest BCUT2D eigenvalue weighted by Gasteiger charge is -2.25. The summed E-state index contributed by atoms with van der Waals surface area (Å²) in [5.41, 5.74) is 8.07. The topological polar surface area (TPSA) is 60.6 Å². The minimum atomic E-state index is 0.492. The standard InChI is InChI=1S/C13H23N3O2/c1-11-4-5-15-13(12(11)10-14)16(6-8-17-2)7-9-18-3/h4-5H,6-10,14H2,1-3H3. The Morgan fingerprint density at radius 3 is 2.33 bits per heavy atom. The van der Waals surface area contributed by atoms with Gasteiger partial charge in [-0.2, -0.15) is 0 Å². The van der Waals surface area contributed by atoms with E-state index in [1.165, 1.54) is 5.56 Å². The number of pyridine rings is 1. The lowest BCUT2D eigenvalue weighted by atomic mass is 10.1. The number of aryl methyl sites for hydroxylation is 1. The summed E-state index contributed by atoms with van der Waals surface area (Å²) in [5.74, 6) is 0.937. The third-order valence-electron chi connectivity index (χ3n) is 2.90. The summed E-state index contributed by atoms with van der Waals surface area (Å²) < 4.78 is 10.3. The monoisotopic (exact) mass is 253 g/mol. The summed E-state index contributed by atoms with van der Waals surface area (Å²) in [7, 11) is 3.39. The summed E-state index contributed by atoms with van der Waals surface area (Å²) in [6.07, 6.45) is 1.82. The Hall–Kier alpha value is -1.17. The number of anilines is 1. The molecule has 0 spiro atoms. The summed E-state index contributed by atoms with van der Waals surface area (Å²) >= 11 is 0. The highest BCUT2D eigenvalue weighted by atomic mass is 16.5. The Bertz CT molecular complexity index is 350. The Balaban J connectivity index is 2.91. The second-order valence-electron chi connectivity index (χ2n) is 4.11. The minimum Gasteiger partial charge on any atom is -0.383 e. The lowest BCUT2D eigenvalue weighted by molar-refractivity contribution is 0.190. The van der Waals surface area contributed by atoms with E-state index in [0.717, 1.165) is 24.5 Å². The maximum atomic E-state index is 5.82. The molecule has 0 radical (unpaired) electrons. The molecule has 0 aliphatic heterocycles. The molecule has 1 heterocycles. The molecule has 0 unspecified atom stereocenters. The van der Waals surface area contributed by atoms with E-state index in [1.54, 1.807) is 14.2 Å². The predicted molar refractivity (Wildman–Crippen MR) is 72.8 cm³/mol. The van der Waals surface area contributed by atoms with Gasteiger partial charge in [0.05, 0.1) is 13.2 Å². The number of nitrogens with zero attached hydrogens (tertiary/aromatic N) is 2. The predicted octanol–water partition coefficient (Wildman–Crippen LogP) is 0.948. The molecule has 0 atom stereocenters. The number of nitrogens with two attached hydrogens (primary N) is 1. The van der Waals surface area contributed by atoms with Crippen LogP contribution in [0.5, 0.6) is 0 Å². The van der Waals surface area contributed by atoms with Crippen molar-refractivity contribution in [2.75, 3.05) is 45.4 Å². The molecule has 1 rings (SSSR count). The number of hydrogen-bond donors (Lipinski definition) is 1. The second kappa shape index (κ2) is 8.02. The van der Waals surface area contributed by atoms with Crippen molar-refractivity contribution in [1.82, 2.24) is 4.98 Å². The molecule has 5 nitrogen and oxygen atoms in total. The van der Waals surface area contributed by atoms with Crippen LogP contribution in [0.25, 0.3) is 0 Å². The Morgan fingerprint density at radius 2 is 1.83 bits per heavy atom. The first kappa shape index (κ1) is 14.9. The molecular formula is C13H23N3O2. The van der Waals surface area contributed by atoms with E-state index >= 15 is 0 Å². The van der Waals surface area contributed by atoms with Crippen molar-refractivity contribution in [3.05, 3.63) is 23.4 Å². The zero-order valence-electron chi connectivity index (χ0n) is 11.5. The van der Waals surface area contributed by atoms with Crippen molar-refractivity contribution >= 4 is 5.82 Å². The molecule has 0 bridgehead atoms. The van der Waals surface area contributed by atoms with E-state index in [2.05, 4.69) is 16.8 Å². The van der Waals surface area contributed by atoms with Crippen molar-refractivity contribution < 1.29 is 9.47 Å². The van der Waals surface area contributed by atoms with Crippen LogP contribution in [0.15, 0.2) is 12.3 Å². The quantitative estimate of drug-likeness (QED) is 0.747. The first-order chi connectivity index (χ1) is 8.74. The van der Waals surface area contributed by atoms with Crippen LogP contribution < -0.4 is 10.6 Å². The molecule has 18 heavy (non-hydrogen) atoms. The smallest absolute Gasteiger partial charge is 0.133 e. The fourth-order valence-corrected chi connectivity index (χ4v) is 1.83. The molecule has 1 aromatic heterocycles. The summed E-state index contributed by atoms with van der Waals surface area (Å²) in [6, 6.07) is 1.98. The number of hydrogen-bond acceptors (Lipinski definition) is 5. The minimum absolute atomic E-state index is 0.492. The van der Waals surface area contributed by atoms with Crippen LogP contribution in [0.3, 0.4) is 0 Å². The van der Waals surface area contributed by atoms with Crippen molar-refractivity contribution in [1.29, 1.82) is 0 Å². The summed E-state index contributed by atoms with van der Waals surface area (Å²) in [6.45, 7) is 5.42. The molecule has 0 saturated carbocycles. The van der Waals surface area contributed by atoms with Gasteiger partial charge in [-0.3, -0.25) is 0 Å². The lowest BCUT2D eigenvalue weighted by Crippen LogP contribution is -2.32. The van der Waals surface area contributed by atoms with Gasteiger partial charge in [0, 0.05) is 45.6 Å². The van der Waals surface area contributed by atoms with Crippen molar-refractivity contribution in [3.8, 4) is 0 Å². The van der Waals surface area contributed by atoms with E-state index in [0.29, 0.717) is 19.8 Å². The number of aromatic nitrogens is 1. The molecule has 0 aliphatic rings. The van der Waals surface area contributed by atoms with E-state index in [9.17, 15) is 0 Å². The van der Waals surface area contributed by atoms with Crippen molar-refractivity contribution in [3.63, 3.8) is 0 Å². The van der Waals surface area contributed by atoms with E-state index < -0.39 is 0 Å². The summed E-state index contributed by atoms with van der Waals surface area (Å²) in [4.78, 5) is 6.61. The molecule has 1 aromatic rings. The molecule has 0 fully saturated rings. The molecule has 0 aliphatic carbocycles. The Kier molecular flexibility index (Phi) is 6.64. The highest BCUT2D eigenvalue weighted by Crippen LogP contribution is 2.20. The zero-order valence-corrected chi connectivity index (χ0v) is 11.5. The molecule has 2 N–H and O–H groups in total. The zero-order chi connectivity index (χ0) is 13.4. The Labute approximate surface area is 109 Å². The maximum absolute atomic E-state index is 5.82. The van der Waals surface area contributed by atoms with Crippen LogP contribution in [-0.4, -0.2) is 45.5 Å². The average Bonchev–Trinajstić information content (AvgIpc) is 2.39. The number of methoxy groups -OCH3 is 2. The van der Waals surface area contributed by atoms with Crippen LogP contribution in [-0.2, 0) is 16.0 Å². The van der Waals surface area contributed by atoms with Gasteiger partial charge in [0.25, 0.3) is 0 Å². The van der Waals surface area contributed by atoms with Crippen LogP contribution in [0.4, 0.5) is 5.82 Å². The highest BCUT2D eigenvalue weighted by molar-refractivity contribution is 5.50. The maximum Gasteiger partial charge on any atom is 0.133 e. The van der Waals surface area contributed by atoms with Gasteiger partial charge >= 0.3 is 0 Å². The van der Waals surface area contributed by atoms with Gasteiger partial charge in [-0.15, -0.1) is 0 Å². The van der Waals surface area contributed by atoms with Crippen LogP contribution in [0.1, 0.15) is 11.1 Å². The van der Waals surface area contributed by atoms with E-state index in [-0.39, 0.29) is 0 Å². The molecule has 0 aromatic carbocycles. The van der Waals surface area contributed by atoms with E-state index in [4.69, 9.17) is 15.2 Å². The largest absolute Gasteiger partial charge is 0.383 e. The third-order valence-corrected chi connectivity index (χ3v) is 2.90. The normalized spacial score (nSPS) is 10.7. The van der Waals surface area contributed by atoms with Crippen LogP contribution in [0, 0.1) is 6.92 Å². The van der Waals surface area contributed by atoms with Crippen molar-refractivity contribution in [2.24, 2.45) is 5.73 Å². The van der Waals surface area contributed by atoms with Gasteiger partial charge in [0.1, 0.15) is 5.82 Å². The molecule has 0 saturated heterocycles. The van der Waals surface area contributed by atoms with Crippen LogP contribution in [0.2, 0.25) is 0 Å². The van der Waals surface area contributed by atoms with Gasteiger partial charge in [0.15, 0.2) is 0 Å². The molecule has 102 valence electrons. The average molecular weight is 253 g/mol. The second-order valence-corrected chi connectivity index (χ2v) is 4.11. The van der Waals surface area contributed by atoms with Crippen LogP contribution >= 0.6 is 0 Å². The summed E-state index contributed by atoms with van der Waals surface area (Å²) in [5, 5.41) is 0. The highest BCUT2D eigenvalue weighted by Gasteiger charge is 2.13. The van der Waals surface area contributed by atoms with Gasteiger partial charge in [-0.1, -0.05) is 0 Å². The van der Waals surface area contributed by atoms with Gasteiger partial charge in [-0.25, -0.2) is 4.98 Å². The first-order valence-corrected chi connectivity index (χ1v) is 6.12. The SMILES string of the molecule is COCCN(CCOC)c1nccc(C)c1CN. The molecule has 0 amide bonds. The van der Waals surface area contributed by atoms with E-state index in [1.807, 2.05) is 12.3 Å². The van der Waals surface area contributed by atoms with Crippen molar-refractivity contribution in [2.45, 2.75) is 13.5 Å².